The Kier molecular flexibility index (Phi) is 7.33. The molecule has 9 heteroatoms. The summed E-state index contributed by atoms with van der Waals surface area (Å²) in [5.74, 6) is 1.15. The Morgan fingerprint density at radius 3 is 2.84 bits per heavy atom. The van der Waals surface area contributed by atoms with Crippen LogP contribution in [0.2, 0.25) is 0 Å². The summed E-state index contributed by atoms with van der Waals surface area (Å²) in [6.45, 7) is 3.54. The van der Waals surface area contributed by atoms with E-state index in [1.807, 2.05) is 27.3 Å². The number of hydrogen-bond donors (Lipinski definition) is 3. The van der Waals surface area contributed by atoms with Gasteiger partial charge in [-0.25, -0.2) is 0 Å². The van der Waals surface area contributed by atoms with E-state index >= 15 is 0 Å². The zero-order chi connectivity index (χ0) is 21.6. The van der Waals surface area contributed by atoms with Gasteiger partial charge in [0, 0.05) is 0 Å². The molecule has 0 fully saturated rings. The van der Waals surface area contributed by atoms with Gasteiger partial charge >= 0.3 is 192 Å². The van der Waals surface area contributed by atoms with E-state index in [1.165, 1.54) is 24.0 Å². The second kappa shape index (κ2) is 10.4. The fourth-order valence-corrected chi connectivity index (χ4v) is 10.2. The Morgan fingerprint density at radius 2 is 2.10 bits per heavy atom. The molecule has 1 unspecified atom stereocenters. The Bertz CT molecular complexity index is 1010. The van der Waals surface area contributed by atoms with Crippen molar-refractivity contribution >= 4 is 45.7 Å². The van der Waals surface area contributed by atoms with Crippen LogP contribution >= 0.6 is 27.9 Å². The van der Waals surface area contributed by atoms with Gasteiger partial charge in [0.25, 0.3) is 0 Å². The molecular weight excluding hydrogens is 530 g/mol. The second-order valence-corrected chi connectivity index (χ2v) is 14.2. The number of allylic oxidation sites excluding steroid dienone is 2. The van der Waals surface area contributed by atoms with Crippen molar-refractivity contribution in [3.8, 4) is 0 Å². The fourth-order valence-electron chi connectivity index (χ4n) is 3.20. The SMILES string of the molecule is CC1CN=CC=C1C1=C(c2ccc(F)cc2)NI(SCCCNC(=O)c2ccco2)N1. The number of carbonyl (C=O) groups is 1. The van der Waals surface area contributed by atoms with Crippen molar-refractivity contribution < 1.29 is 13.6 Å². The molecule has 3 heterocycles. The first-order chi connectivity index (χ1) is 15.1. The number of aliphatic imine (C=N–C) groups is 1. The topological polar surface area (TPSA) is 78.7 Å². The fraction of sp³-hybridized carbons (Fsp3) is 0.273. The average Bonchev–Trinajstić information content (AvgIpc) is 3.45. The molecule has 6 nitrogen and oxygen atoms in total. The number of halogens is 2. The van der Waals surface area contributed by atoms with Crippen molar-refractivity contribution in [1.29, 1.82) is 0 Å². The van der Waals surface area contributed by atoms with Gasteiger partial charge in [-0.1, -0.05) is 0 Å². The predicted octanol–water partition coefficient (Wildman–Crippen LogP) is 4.73. The summed E-state index contributed by atoms with van der Waals surface area (Å²) < 4.78 is 26.0. The van der Waals surface area contributed by atoms with Crippen molar-refractivity contribution in [2.24, 2.45) is 10.9 Å². The van der Waals surface area contributed by atoms with Crippen LogP contribution in [0.5, 0.6) is 0 Å². The summed E-state index contributed by atoms with van der Waals surface area (Å²) in [4.78, 5) is 16.3. The zero-order valence-corrected chi connectivity index (χ0v) is 20.0. The molecule has 31 heavy (non-hydrogen) atoms. The second-order valence-electron chi connectivity index (χ2n) is 7.13. The summed E-state index contributed by atoms with van der Waals surface area (Å²) in [5.41, 5.74) is 4.35. The Balaban J connectivity index is 1.35. The molecule has 2 aliphatic rings. The van der Waals surface area contributed by atoms with E-state index < -0.39 is 19.0 Å². The maximum absolute atomic E-state index is 13.4. The Labute approximate surface area is 191 Å². The van der Waals surface area contributed by atoms with Crippen molar-refractivity contribution in [3.63, 3.8) is 0 Å². The number of amides is 1. The van der Waals surface area contributed by atoms with E-state index in [-0.39, 0.29) is 11.7 Å². The molecular formula is C22H24FIN4O2S. The van der Waals surface area contributed by atoms with Crippen LogP contribution in [0.1, 0.15) is 29.5 Å². The number of dihydropyridines is 1. The van der Waals surface area contributed by atoms with Gasteiger partial charge in [-0.15, -0.1) is 0 Å². The molecule has 0 saturated carbocycles. The van der Waals surface area contributed by atoms with E-state index in [0.717, 1.165) is 35.7 Å². The van der Waals surface area contributed by atoms with Crippen LogP contribution in [-0.2, 0) is 0 Å². The number of rotatable bonds is 8. The van der Waals surface area contributed by atoms with E-state index in [9.17, 15) is 9.18 Å². The average molecular weight is 554 g/mol. The Hall–Kier alpha value is -2.27. The number of carbonyl (C=O) groups excluding carboxylic acids is 1. The molecule has 0 bridgehead atoms. The molecule has 164 valence electrons. The van der Waals surface area contributed by atoms with Gasteiger partial charge in [0.2, 0.25) is 0 Å². The van der Waals surface area contributed by atoms with E-state index in [1.54, 1.807) is 12.1 Å². The maximum atomic E-state index is 13.4. The van der Waals surface area contributed by atoms with Gasteiger partial charge in [0.1, 0.15) is 0 Å². The number of hydrogen-bond acceptors (Lipinski definition) is 6. The van der Waals surface area contributed by atoms with Crippen LogP contribution in [0.25, 0.3) is 5.70 Å². The minimum absolute atomic E-state index is 0.187. The first-order valence-corrected chi connectivity index (χ1v) is 15.7. The molecule has 0 spiro atoms. The predicted molar refractivity (Wildman–Crippen MR) is 132 cm³/mol. The first-order valence-electron chi connectivity index (χ1n) is 10.0. The normalized spacial score (nSPS) is 19.1. The number of furan rings is 1. The van der Waals surface area contributed by atoms with E-state index in [4.69, 9.17) is 4.42 Å². The van der Waals surface area contributed by atoms with Gasteiger partial charge in [0.15, 0.2) is 0 Å². The molecule has 1 atom stereocenters. The third-order valence-corrected chi connectivity index (χ3v) is 11.8. The third kappa shape index (κ3) is 5.51. The zero-order valence-electron chi connectivity index (χ0n) is 17.0. The van der Waals surface area contributed by atoms with E-state index in [2.05, 4.69) is 30.4 Å². The van der Waals surface area contributed by atoms with Crippen molar-refractivity contribution in [2.75, 3.05) is 18.8 Å². The molecule has 4 rings (SSSR count). The molecule has 2 aliphatic heterocycles. The van der Waals surface area contributed by atoms with Crippen LogP contribution in [0, 0.1) is 11.7 Å². The molecule has 2 aromatic rings. The van der Waals surface area contributed by atoms with Crippen LogP contribution in [0.3, 0.4) is 0 Å². The quantitative estimate of drug-likeness (QED) is 0.250. The van der Waals surface area contributed by atoms with Crippen molar-refractivity contribution in [1.82, 2.24) is 12.4 Å². The summed E-state index contributed by atoms with van der Waals surface area (Å²) in [5, 5.41) is 2.88. The van der Waals surface area contributed by atoms with Gasteiger partial charge in [-0.3, -0.25) is 0 Å². The molecule has 1 aromatic carbocycles. The summed E-state index contributed by atoms with van der Waals surface area (Å²) in [6.07, 6.45) is 6.28. The molecule has 0 aliphatic carbocycles. The van der Waals surface area contributed by atoms with Gasteiger partial charge < -0.3 is 0 Å². The van der Waals surface area contributed by atoms with E-state index in [0.29, 0.717) is 18.2 Å². The third-order valence-electron chi connectivity index (χ3n) is 4.84. The van der Waals surface area contributed by atoms with Gasteiger partial charge in [0.05, 0.1) is 0 Å². The van der Waals surface area contributed by atoms with Gasteiger partial charge in [-0.2, -0.15) is 0 Å². The molecule has 0 radical (unpaired) electrons. The Morgan fingerprint density at radius 1 is 1.29 bits per heavy atom. The number of nitrogens with one attached hydrogen (secondary N) is 3. The van der Waals surface area contributed by atoms with Crippen LogP contribution in [-0.4, -0.2) is 31.0 Å². The summed E-state index contributed by atoms with van der Waals surface area (Å²) in [6, 6.07) is 9.97. The minimum atomic E-state index is -1.76. The molecule has 0 saturated heterocycles. The molecule has 1 aromatic heterocycles. The van der Waals surface area contributed by atoms with Crippen molar-refractivity contribution in [3.05, 3.63) is 77.1 Å². The standard InChI is InChI=1S/C22H24FIN4O2S/c1-15-14-25-11-9-18(15)21-20(16-5-7-17(23)8-6-16)27-24(28-21)31-13-3-10-26-22(29)19-4-2-12-30-19/h2,4-9,11-12,15,27-28H,3,10,13-14H2,1H3,(H,26,29). The van der Waals surface area contributed by atoms with Crippen molar-refractivity contribution in [2.45, 2.75) is 13.3 Å². The van der Waals surface area contributed by atoms with Crippen LogP contribution < -0.4 is 12.4 Å². The summed E-state index contributed by atoms with van der Waals surface area (Å²) >= 11 is -1.76. The first kappa shape index (κ1) is 21.9. The monoisotopic (exact) mass is 554 g/mol. The molecule has 3 N–H and O–H groups in total. The van der Waals surface area contributed by atoms with Crippen LogP contribution in [0.4, 0.5) is 4.39 Å². The number of benzene rings is 1. The molecule has 1 amide bonds. The number of nitrogens with zero attached hydrogens (tertiary/aromatic N) is 1. The van der Waals surface area contributed by atoms with Gasteiger partial charge in [-0.05, 0) is 0 Å². The summed E-state index contributed by atoms with van der Waals surface area (Å²) in [7, 11) is 1.89. The van der Waals surface area contributed by atoms with Crippen LogP contribution in [0.15, 0.2) is 69.4 Å².